The second kappa shape index (κ2) is 7.20. The topological polar surface area (TPSA) is 3.24 Å². The molecular formula is C22H19F6N. The van der Waals surface area contributed by atoms with Crippen LogP contribution in [-0.4, -0.2) is 17.0 Å². The van der Waals surface area contributed by atoms with E-state index in [1.807, 2.05) is 36.4 Å². The molecule has 2 atom stereocenters. The minimum absolute atomic E-state index is 0.0170. The summed E-state index contributed by atoms with van der Waals surface area (Å²) in [5, 5.41) is 0. The minimum Gasteiger partial charge on any atom is -0.289 e. The molecule has 2 heterocycles. The fraction of sp³-hybridized carbons (Fsp3) is 0.364. The van der Waals surface area contributed by atoms with Crippen molar-refractivity contribution in [2.75, 3.05) is 0 Å². The van der Waals surface area contributed by atoms with Crippen LogP contribution in [0, 0.1) is 0 Å². The van der Waals surface area contributed by atoms with Crippen LogP contribution in [0.15, 0.2) is 54.6 Å². The molecule has 0 spiro atoms. The molecule has 2 aromatic carbocycles. The molecule has 2 aliphatic rings. The van der Waals surface area contributed by atoms with Gasteiger partial charge in [-0.1, -0.05) is 36.4 Å². The van der Waals surface area contributed by atoms with Crippen LogP contribution < -0.4 is 0 Å². The number of hydrogen-bond donors (Lipinski definition) is 0. The number of hydrogen-bond acceptors (Lipinski definition) is 1. The van der Waals surface area contributed by atoms with E-state index in [-0.39, 0.29) is 23.7 Å². The van der Waals surface area contributed by atoms with Gasteiger partial charge in [0.1, 0.15) is 0 Å². The fourth-order valence-electron chi connectivity index (χ4n) is 4.31. The Hall–Kier alpha value is -2.28. The smallest absolute Gasteiger partial charge is 0.289 e. The Morgan fingerprint density at radius 1 is 0.828 bits per heavy atom. The van der Waals surface area contributed by atoms with Crippen LogP contribution in [0.1, 0.15) is 41.5 Å². The summed E-state index contributed by atoms with van der Waals surface area (Å²) in [6, 6.07) is 11.9. The molecule has 154 valence electrons. The van der Waals surface area contributed by atoms with Crippen LogP contribution in [0.5, 0.6) is 0 Å². The molecule has 2 unspecified atom stereocenters. The van der Waals surface area contributed by atoms with E-state index in [4.69, 9.17) is 0 Å². The predicted octanol–water partition coefficient (Wildman–Crippen LogP) is 6.54. The number of halogens is 6. The molecule has 2 aliphatic heterocycles. The van der Waals surface area contributed by atoms with E-state index in [0.29, 0.717) is 12.0 Å². The Kier molecular flexibility index (Phi) is 4.97. The largest absolute Gasteiger partial charge is 0.416 e. The summed E-state index contributed by atoms with van der Waals surface area (Å²) < 4.78 is 79.1. The zero-order chi connectivity index (χ0) is 20.8. The van der Waals surface area contributed by atoms with Gasteiger partial charge in [-0.25, -0.2) is 0 Å². The standard InChI is InChI=1S/C22H19F6N/c23-21(24,25)17-8-15(9-18(12-17)22(26,27)28)16-10-19-6-7-20(11-16)29(19)13-14-4-2-1-3-5-14/h1-5,8-10,12,19-20H,6-7,11,13H2. The Labute approximate surface area is 164 Å². The maximum Gasteiger partial charge on any atom is 0.416 e. The van der Waals surface area contributed by atoms with Gasteiger partial charge in [0.15, 0.2) is 0 Å². The van der Waals surface area contributed by atoms with Gasteiger partial charge in [0.25, 0.3) is 0 Å². The molecule has 1 fully saturated rings. The van der Waals surface area contributed by atoms with E-state index < -0.39 is 23.5 Å². The Balaban J connectivity index is 1.67. The lowest BCUT2D eigenvalue weighted by Crippen LogP contribution is -2.37. The first-order valence-electron chi connectivity index (χ1n) is 9.41. The first-order chi connectivity index (χ1) is 13.6. The van der Waals surface area contributed by atoms with Crippen molar-refractivity contribution >= 4 is 5.57 Å². The predicted molar refractivity (Wildman–Crippen MR) is 97.8 cm³/mol. The van der Waals surface area contributed by atoms with Gasteiger partial charge in [-0.05, 0) is 54.2 Å². The van der Waals surface area contributed by atoms with Crippen molar-refractivity contribution in [2.24, 2.45) is 0 Å². The molecule has 29 heavy (non-hydrogen) atoms. The molecule has 7 heteroatoms. The first kappa shape index (κ1) is 20.0. The van der Waals surface area contributed by atoms with Crippen LogP contribution in [0.3, 0.4) is 0 Å². The zero-order valence-electron chi connectivity index (χ0n) is 15.4. The summed E-state index contributed by atoms with van der Waals surface area (Å²) in [6.07, 6.45) is -5.63. The second-order valence-electron chi connectivity index (χ2n) is 7.65. The number of fused-ring (bicyclic) bond motifs is 2. The van der Waals surface area contributed by atoms with Gasteiger partial charge < -0.3 is 0 Å². The van der Waals surface area contributed by atoms with Gasteiger partial charge in [-0.15, -0.1) is 0 Å². The van der Waals surface area contributed by atoms with E-state index in [9.17, 15) is 26.3 Å². The third kappa shape index (κ3) is 4.20. The van der Waals surface area contributed by atoms with E-state index in [1.54, 1.807) is 0 Å². The number of alkyl halides is 6. The molecule has 0 radical (unpaired) electrons. The van der Waals surface area contributed by atoms with Crippen molar-refractivity contribution in [3.05, 3.63) is 76.9 Å². The molecule has 0 aromatic heterocycles. The molecule has 0 N–H and O–H groups in total. The van der Waals surface area contributed by atoms with Crippen LogP contribution in [-0.2, 0) is 18.9 Å². The van der Waals surface area contributed by atoms with E-state index in [0.717, 1.165) is 37.1 Å². The molecule has 0 saturated carbocycles. The van der Waals surface area contributed by atoms with Crippen molar-refractivity contribution in [3.63, 3.8) is 0 Å². The third-order valence-corrected chi connectivity index (χ3v) is 5.71. The van der Waals surface area contributed by atoms with Crippen LogP contribution in [0.2, 0.25) is 0 Å². The molecule has 2 aromatic rings. The minimum atomic E-state index is -4.83. The maximum absolute atomic E-state index is 13.2. The summed E-state index contributed by atoms with van der Waals surface area (Å²) in [7, 11) is 0. The SMILES string of the molecule is FC(F)(F)c1cc(C2=CC3CCC(C2)N3Cc2ccccc2)cc(C(F)(F)F)c1. The van der Waals surface area contributed by atoms with Crippen LogP contribution >= 0.6 is 0 Å². The van der Waals surface area contributed by atoms with Crippen molar-refractivity contribution < 1.29 is 26.3 Å². The lowest BCUT2D eigenvalue weighted by Gasteiger charge is -2.34. The van der Waals surface area contributed by atoms with Crippen molar-refractivity contribution in [1.82, 2.24) is 4.90 Å². The van der Waals surface area contributed by atoms with Crippen LogP contribution in [0.4, 0.5) is 26.3 Å². The lowest BCUT2D eigenvalue weighted by molar-refractivity contribution is -0.143. The monoisotopic (exact) mass is 411 g/mol. The number of benzene rings is 2. The molecule has 0 amide bonds. The molecule has 1 saturated heterocycles. The highest BCUT2D eigenvalue weighted by molar-refractivity contribution is 5.69. The van der Waals surface area contributed by atoms with Gasteiger partial charge in [0.05, 0.1) is 11.1 Å². The summed E-state index contributed by atoms with van der Waals surface area (Å²) in [5.74, 6) is 0. The maximum atomic E-state index is 13.2. The fourth-order valence-corrected chi connectivity index (χ4v) is 4.31. The van der Waals surface area contributed by atoms with Gasteiger partial charge in [0.2, 0.25) is 0 Å². The van der Waals surface area contributed by atoms with E-state index in [2.05, 4.69) is 4.90 Å². The number of nitrogens with zero attached hydrogens (tertiary/aromatic N) is 1. The summed E-state index contributed by atoms with van der Waals surface area (Å²) in [5.41, 5.74) is -0.800. The normalized spacial score (nSPS) is 22.6. The average molecular weight is 411 g/mol. The van der Waals surface area contributed by atoms with Gasteiger partial charge in [-0.2, -0.15) is 26.3 Å². The summed E-state index contributed by atoms with van der Waals surface area (Å²) >= 11 is 0. The Morgan fingerprint density at radius 3 is 2.00 bits per heavy atom. The molecular weight excluding hydrogens is 392 g/mol. The summed E-state index contributed by atoms with van der Waals surface area (Å²) in [4.78, 5) is 2.29. The number of rotatable bonds is 3. The quantitative estimate of drug-likeness (QED) is 0.518. The average Bonchev–Trinajstić information content (AvgIpc) is 2.88. The van der Waals surface area contributed by atoms with E-state index >= 15 is 0 Å². The van der Waals surface area contributed by atoms with Gasteiger partial charge >= 0.3 is 12.4 Å². The van der Waals surface area contributed by atoms with Gasteiger partial charge in [-0.3, -0.25) is 4.90 Å². The molecule has 1 nitrogen and oxygen atoms in total. The van der Waals surface area contributed by atoms with Crippen molar-refractivity contribution in [2.45, 2.75) is 50.2 Å². The molecule has 2 bridgehead atoms. The highest BCUT2D eigenvalue weighted by Gasteiger charge is 2.40. The lowest BCUT2D eigenvalue weighted by atomic mass is 9.91. The molecule has 4 rings (SSSR count). The molecule has 0 aliphatic carbocycles. The second-order valence-corrected chi connectivity index (χ2v) is 7.65. The highest BCUT2D eigenvalue weighted by atomic mass is 19.4. The summed E-state index contributed by atoms with van der Waals surface area (Å²) in [6.45, 7) is 0.719. The van der Waals surface area contributed by atoms with Crippen molar-refractivity contribution in [1.29, 1.82) is 0 Å². The zero-order valence-corrected chi connectivity index (χ0v) is 15.4. The van der Waals surface area contributed by atoms with E-state index in [1.165, 1.54) is 0 Å². The third-order valence-electron chi connectivity index (χ3n) is 5.71. The van der Waals surface area contributed by atoms with Gasteiger partial charge in [0, 0.05) is 18.6 Å². The van der Waals surface area contributed by atoms with Crippen molar-refractivity contribution in [3.8, 4) is 0 Å². The van der Waals surface area contributed by atoms with Crippen LogP contribution in [0.25, 0.3) is 5.57 Å². The highest BCUT2D eigenvalue weighted by Crippen LogP contribution is 2.42. The first-order valence-corrected chi connectivity index (χ1v) is 9.41. The Bertz CT molecular complexity index is 881. The Morgan fingerprint density at radius 2 is 1.45 bits per heavy atom.